The van der Waals surface area contributed by atoms with Crippen molar-refractivity contribution in [1.82, 2.24) is 0 Å². The van der Waals surface area contributed by atoms with Crippen LogP contribution in [0, 0.1) is 5.92 Å². The van der Waals surface area contributed by atoms with E-state index in [0.717, 1.165) is 0 Å². The molecule has 1 aliphatic heterocycles. The summed E-state index contributed by atoms with van der Waals surface area (Å²) in [5.41, 5.74) is -0.596. The van der Waals surface area contributed by atoms with Crippen LogP contribution in [-0.4, -0.2) is 55.9 Å². The van der Waals surface area contributed by atoms with Gasteiger partial charge in [0.15, 0.2) is 29.1 Å². The quantitative estimate of drug-likeness (QED) is 0.386. The molecule has 1 aliphatic carbocycles. The van der Waals surface area contributed by atoms with Crippen LogP contribution in [0.25, 0.3) is 11.1 Å². The molecule has 40 heavy (non-hydrogen) atoms. The minimum Gasteiger partial charge on any atom is -0.504 e. The highest BCUT2D eigenvalue weighted by atomic mass is 16.7. The summed E-state index contributed by atoms with van der Waals surface area (Å²) in [6.45, 7) is 7.52. The third-order valence-corrected chi connectivity index (χ3v) is 7.55. The van der Waals surface area contributed by atoms with E-state index < -0.39 is 35.7 Å². The topological polar surface area (TPSA) is 139 Å². The van der Waals surface area contributed by atoms with E-state index in [9.17, 15) is 19.8 Å². The Labute approximate surface area is 232 Å². The molecule has 216 valence electrons. The summed E-state index contributed by atoms with van der Waals surface area (Å²) in [6.07, 6.45) is -0.898. The minimum atomic E-state index is -1.84. The first-order valence-corrected chi connectivity index (χ1v) is 12.6. The van der Waals surface area contributed by atoms with Crippen LogP contribution in [0.5, 0.6) is 34.5 Å². The molecule has 2 aromatic carbocycles. The number of benzene rings is 2. The first kappa shape index (κ1) is 28.9. The minimum absolute atomic E-state index is 0.0707. The van der Waals surface area contributed by atoms with Gasteiger partial charge in [0.2, 0.25) is 18.3 Å². The summed E-state index contributed by atoms with van der Waals surface area (Å²) in [4.78, 5) is 25.5. The number of esters is 2. The first-order valence-electron chi connectivity index (χ1n) is 12.6. The Hall–Kier alpha value is -4.12. The number of aromatic hydroxyl groups is 1. The highest BCUT2D eigenvalue weighted by molar-refractivity contribution is 5.91. The van der Waals surface area contributed by atoms with Gasteiger partial charge in [-0.3, -0.25) is 4.79 Å². The zero-order chi connectivity index (χ0) is 29.5. The Balaban J connectivity index is 2.22. The van der Waals surface area contributed by atoms with Crippen molar-refractivity contribution in [2.45, 2.75) is 52.4 Å². The van der Waals surface area contributed by atoms with Gasteiger partial charge in [0, 0.05) is 40.7 Å². The lowest BCUT2D eigenvalue weighted by Gasteiger charge is -2.43. The second-order valence-corrected chi connectivity index (χ2v) is 9.83. The zero-order valence-corrected chi connectivity index (χ0v) is 23.7. The van der Waals surface area contributed by atoms with Crippen molar-refractivity contribution in [3.8, 4) is 45.6 Å². The van der Waals surface area contributed by atoms with Gasteiger partial charge in [0.05, 0.1) is 21.3 Å². The van der Waals surface area contributed by atoms with E-state index in [-0.39, 0.29) is 58.0 Å². The van der Waals surface area contributed by atoms with Gasteiger partial charge < -0.3 is 43.4 Å². The number of allylic oxidation sites excluding steroid dienone is 1. The molecule has 2 N–H and O–H groups in total. The molecule has 0 radical (unpaired) electrons. The molecule has 0 spiro atoms. The molecule has 0 unspecified atom stereocenters. The van der Waals surface area contributed by atoms with Crippen LogP contribution in [0.15, 0.2) is 23.8 Å². The number of hydrogen-bond donors (Lipinski definition) is 2. The normalized spacial score (nSPS) is 23.2. The molecule has 0 amide bonds. The molecule has 0 aromatic heterocycles. The fourth-order valence-corrected chi connectivity index (χ4v) is 5.15. The fourth-order valence-electron chi connectivity index (χ4n) is 5.15. The van der Waals surface area contributed by atoms with Gasteiger partial charge in [-0.1, -0.05) is 13.0 Å². The molecule has 0 bridgehead atoms. The number of ether oxygens (including phenoxy) is 7. The molecule has 1 heterocycles. The van der Waals surface area contributed by atoms with Crippen molar-refractivity contribution in [2.24, 2.45) is 5.92 Å². The fraction of sp³-hybridized carbons (Fsp3) is 0.448. The van der Waals surface area contributed by atoms with Crippen molar-refractivity contribution < 1.29 is 53.0 Å². The van der Waals surface area contributed by atoms with Gasteiger partial charge >= 0.3 is 11.9 Å². The predicted molar refractivity (Wildman–Crippen MR) is 142 cm³/mol. The molecule has 11 heteroatoms. The summed E-state index contributed by atoms with van der Waals surface area (Å²) in [7, 11) is 4.25. The zero-order valence-electron chi connectivity index (χ0n) is 23.7. The van der Waals surface area contributed by atoms with Gasteiger partial charge in [0.1, 0.15) is 11.7 Å². The lowest BCUT2D eigenvalue weighted by molar-refractivity contribution is -0.182. The predicted octanol–water partition coefficient (Wildman–Crippen LogP) is 4.37. The van der Waals surface area contributed by atoms with Crippen LogP contribution in [0.2, 0.25) is 0 Å². The van der Waals surface area contributed by atoms with Crippen LogP contribution in [0.4, 0.5) is 0 Å². The van der Waals surface area contributed by atoms with Crippen molar-refractivity contribution in [1.29, 1.82) is 0 Å². The molecular weight excluding hydrogens is 524 g/mol. The first-order chi connectivity index (χ1) is 18.9. The van der Waals surface area contributed by atoms with E-state index in [0.29, 0.717) is 11.1 Å². The Morgan fingerprint density at radius 3 is 2.25 bits per heavy atom. The summed E-state index contributed by atoms with van der Waals surface area (Å²) >= 11 is 0. The number of fused-ring (bicyclic) bond motifs is 4. The summed E-state index contributed by atoms with van der Waals surface area (Å²) < 4.78 is 39.9. The number of rotatable bonds is 6. The van der Waals surface area contributed by atoms with E-state index in [1.54, 1.807) is 39.0 Å². The van der Waals surface area contributed by atoms with Crippen LogP contribution in [0.1, 0.15) is 58.0 Å². The number of methoxy groups -OCH3 is 3. The van der Waals surface area contributed by atoms with Gasteiger partial charge in [0.25, 0.3) is 0 Å². The van der Waals surface area contributed by atoms with Gasteiger partial charge in [-0.25, -0.2) is 4.79 Å². The van der Waals surface area contributed by atoms with Crippen LogP contribution in [-0.2, 0) is 19.1 Å². The van der Waals surface area contributed by atoms with Crippen molar-refractivity contribution in [2.75, 3.05) is 28.1 Å². The van der Waals surface area contributed by atoms with Crippen molar-refractivity contribution >= 4 is 11.9 Å². The SMILES string of the molecule is C/C=C(/C)C(=O)O[C@H]1c2cc(OC)c(OC)c(OC)c2-c2c(cc3c(c2O)OCO3)[C@@H](OC(C)=O)[C@H](C)[C@@]1(C)O. The third-order valence-electron chi connectivity index (χ3n) is 7.55. The van der Waals surface area contributed by atoms with Gasteiger partial charge in [-0.15, -0.1) is 0 Å². The Morgan fingerprint density at radius 1 is 1.00 bits per heavy atom. The summed E-state index contributed by atoms with van der Waals surface area (Å²) in [5.74, 6) is -1.70. The number of hydrogen-bond acceptors (Lipinski definition) is 11. The summed E-state index contributed by atoms with van der Waals surface area (Å²) in [6, 6.07) is 3.15. The van der Waals surface area contributed by atoms with Crippen molar-refractivity contribution in [3.63, 3.8) is 0 Å². The van der Waals surface area contributed by atoms with E-state index in [4.69, 9.17) is 33.2 Å². The van der Waals surface area contributed by atoms with Gasteiger partial charge in [-0.05, 0) is 32.9 Å². The van der Waals surface area contributed by atoms with Gasteiger partial charge in [-0.2, -0.15) is 0 Å². The molecule has 0 saturated carbocycles. The largest absolute Gasteiger partial charge is 0.504 e. The molecule has 2 aliphatic rings. The van der Waals surface area contributed by atoms with E-state index in [2.05, 4.69) is 0 Å². The van der Waals surface area contributed by atoms with Crippen LogP contribution < -0.4 is 23.7 Å². The molecule has 0 saturated heterocycles. The number of aliphatic hydroxyl groups is 1. The molecule has 0 fully saturated rings. The van der Waals surface area contributed by atoms with E-state index >= 15 is 0 Å². The highest BCUT2D eigenvalue weighted by Crippen LogP contribution is 2.61. The molecule has 4 rings (SSSR count). The molecule has 2 aromatic rings. The maximum atomic E-state index is 13.1. The standard InChI is InChI=1S/C29H34O11/c1-9-13(2)28(32)40-27-17-11-18(34-6)25(35-7)26(36-8)21(17)20-16(10-19-24(22(20)31)38-12-37-19)23(39-15(4)30)14(3)29(27,5)33/h9-11,14,23,27,31,33H,12H2,1-8H3/b13-9-/t14-,23-,27-,29+/m0/s1. The third kappa shape index (κ3) is 4.53. The average Bonchev–Trinajstić information content (AvgIpc) is 3.41. The molecule has 11 nitrogen and oxygen atoms in total. The maximum absolute atomic E-state index is 13.1. The molecule has 4 atom stereocenters. The second-order valence-electron chi connectivity index (χ2n) is 9.83. The monoisotopic (exact) mass is 558 g/mol. The average molecular weight is 559 g/mol. The molecular formula is C29H34O11. The van der Waals surface area contributed by atoms with E-state index in [1.807, 2.05) is 0 Å². The number of phenolic OH excluding ortho intramolecular Hbond substituents is 1. The lowest BCUT2D eigenvalue weighted by atomic mass is 9.71. The maximum Gasteiger partial charge on any atom is 0.334 e. The Morgan fingerprint density at radius 2 is 1.68 bits per heavy atom. The van der Waals surface area contributed by atoms with Crippen molar-refractivity contribution in [3.05, 3.63) is 34.9 Å². The number of carbonyl (C=O) groups excluding carboxylic acids is 2. The highest BCUT2D eigenvalue weighted by Gasteiger charge is 2.51. The number of carbonyl (C=O) groups is 2. The Kier molecular flexibility index (Phi) is 7.80. The smallest absolute Gasteiger partial charge is 0.334 e. The summed E-state index contributed by atoms with van der Waals surface area (Å²) in [5, 5.41) is 23.8. The lowest BCUT2D eigenvalue weighted by Crippen LogP contribution is -2.46. The van der Waals surface area contributed by atoms with Crippen LogP contribution >= 0.6 is 0 Å². The van der Waals surface area contributed by atoms with E-state index in [1.165, 1.54) is 35.2 Å². The van der Waals surface area contributed by atoms with Crippen LogP contribution in [0.3, 0.4) is 0 Å². The number of phenols is 1. The Bertz CT molecular complexity index is 1380. The second kappa shape index (κ2) is 10.8.